The third-order valence-corrected chi connectivity index (χ3v) is 2.74. The van der Waals surface area contributed by atoms with Crippen molar-refractivity contribution in [2.24, 2.45) is 0 Å². The molecule has 1 aromatic carbocycles. The van der Waals surface area contributed by atoms with E-state index in [0.29, 0.717) is 4.90 Å². The Labute approximate surface area is 126 Å². The fraction of sp³-hybridized carbons (Fsp3) is 0.182. The fourth-order valence-electron chi connectivity index (χ4n) is 1.51. The van der Waals surface area contributed by atoms with E-state index in [1.807, 2.05) is 0 Å². The van der Waals surface area contributed by atoms with Gasteiger partial charge in [0, 0.05) is 22.2 Å². The van der Waals surface area contributed by atoms with E-state index < -0.39 is 35.9 Å². The Hall–Kier alpha value is -2.49. The highest BCUT2D eigenvalue weighted by Gasteiger charge is 2.23. The lowest BCUT2D eigenvalue weighted by Crippen LogP contribution is -2.39. The molecule has 1 amide bonds. The molecule has 0 radical (unpaired) electrons. The number of carbonyl (C=O) groups is 3. The summed E-state index contributed by atoms with van der Waals surface area (Å²) in [7, 11) is 0. The van der Waals surface area contributed by atoms with E-state index in [9.17, 15) is 24.5 Å². The van der Waals surface area contributed by atoms with Gasteiger partial charge in [-0.1, -0.05) is 15.9 Å². The predicted octanol–water partition coefficient (Wildman–Crippen LogP) is 0.969. The van der Waals surface area contributed by atoms with Crippen LogP contribution in [-0.4, -0.2) is 51.0 Å². The molecule has 2 N–H and O–H groups in total. The van der Waals surface area contributed by atoms with Gasteiger partial charge in [0.15, 0.2) is 0 Å². The molecule has 0 atom stereocenters. The number of amides is 1. The number of non-ortho nitro benzene ring substituents is 1. The van der Waals surface area contributed by atoms with Crippen LogP contribution in [0, 0.1) is 10.1 Å². The molecule has 0 saturated carbocycles. The number of halogens is 1. The van der Waals surface area contributed by atoms with Crippen LogP contribution >= 0.6 is 15.9 Å². The molecular formula is C11H9BrN2O7. The number of carboxylic acid groups (broad SMARTS) is 2. The molecule has 10 heteroatoms. The molecule has 0 aliphatic heterocycles. The van der Waals surface area contributed by atoms with Crippen LogP contribution in [0.3, 0.4) is 0 Å². The van der Waals surface area contributed by atoms with Gasteiger partial charge in [0.1, 0.15) is 13.1 Å². The smallest absolute Gasteiger partial charge is 0.323 e. The minimum absolute atomic E-state index is 0.182. The normalized spacial score (nSPS) is 9.95. The first kappa shape index (κ1) is 16.6. The Kier molecular flexibility index (Phi) is 5.36. The maximum atomic E-state index is 12.1. The van der Waals surface area contributed by atoms with Crippen molar-refractivity contribution in [1.29, 1.82) is 0 Å². The van der Waals surface area contributed by atoms with Crippen LogP contribution in [0.25, 0.3) is 0 Å². The van der Waals surface area contributed by atoms with Gasteiger partial charge in [-0.3, -0.25) is 24.5 Å². The number of aliphatic carboxylic acids is 2. The van der Waals surface area contributed by atoms with Crippen molar-refractivity contribution in [2.75, 3.05) is 13.1 Å². The summed E-state index contributed by atoms with van der Waals surface area (Å²) in [6, 6.07) is 3.35. The fourth-order valence-corrected chi connectivity index (χ4v) is 1.99. The Morgan fingerprint density at radius 1 is 1.14 bits per heavy atom. The van der Waals surface area contributed by atoms with Crippen LogP contribution < -0.4 is 0 Å². The zero-order chi connectivity index (χ0) is 16.2. The van der Waals surface area contributed by atoms with E-state index in [1.165, 1.54) is 6.07 Å². The molecule has 112 valence electrons. The number of hydrogen-bond acceptors (Lipinski definition) is 5. The van der Waals surface area contributed by atoms with Crippen molar-refractivity contribution in [3.05, 3.63) is 38.3 Å². The minimum Gasteiger partial charge on any atom is -0.480 e. The quantitative estimate of drug-likeness (QED) is 0.569. The van der Waals surface area contributed by atoms with Crippen LogP contribution in [0.15, 0.2) is 22.7 Å². The van der Waals surface area contributed by atoms with Crippen molar-refractivity contribution in [3.63, 3.8) is 0 Å². The van der Waals surface area contributed by atoms with Crippen molar-refractivity contribution in [1.82, 2.24) is 4.90 Å². The second-order valence-corrected chi connectivity index (χ2v) is 4.82. The Morgan fingerprint density at radius 2 is 1.67 bits per heavy atom. The van der Waals surface area contributed by atoms with Gasteiger partial charge in [-0.15, -0.1) is 0 Å². The van der Waals surface area contributed by atoms with E-state index >= 15 is 0 Å². The molecule has 0 saturated heterocycles. The molecule has 0 unspecified atom stereocenters. The highest BCUT2D eigenvalue weighted by atomic mass is 79.9. The number of nitro benzene ring substituents is 1. The van der Waals surface area contributed by atoms with E-state index in [1.54, 1.807) is 0 Å². The number of carboxylic acids is 2. The summed E-state index contributed by atoms with van der Waals surface area (Å²) < 4.78 is 0.241. The van der Waals surface area contributed by atoms with Crippen LogP contribution in [0.1, 0.15) is 10.4 Å². The molecular weight excluding hydrogens is 352 g/mol. The van der Waals surface area contributed by atoms with E-state index in [-0.39, 0.29) is 15.7 Å². The molecule has 0 aromatic heterocycles. The van der Waals surface area contributed by atoms with Gasteiger partial charge in [0.05, 0.1) is 4.92 Å². The summed E-state index contributed by atoms with van der Waals surface area (Å²) in [6.07, 6.45) is 0. The van der Waals surface area contributed by atoms with Gasteiger partial charge < -0.3 is 15.1 Å². The molecule has 0 fully saturated rings. The van der Waals surface area contributed by atoms with Gasteiger partial charge in [0.2, 0.25) is 0 Å². The summed E-state index contributed by atoms with van der Waals surface area (Å²) >= 11 is 2.99. The average Bonchev–Trinajstić information content (AvgIpc) is 2.35. The maximum Gasteiger partial charge on any atom is 0.323 e. The SMILES string of the molecule is O=C(O)CN(CC(=O)O)C(=O)c1cc(Br)cc([N+](=O)[O-])c1. The highest BCUT2D eigenvalue weighted by Crippen LogP contribution is 2.22. The Bertz CT molecular complexity index is 601. The van der Waals surface area contributed by atoms with Crippen LogP contribution in [0.2, 0.25) is 0 Å². The molecule has 1 aromatic rings. The van der Waals surface area contributed by atoms with Crippen LogP contribution in [0.4, 0.5) is 5.69 Å². The number of nitrogens with zero attached hydrogens (tertiary/aromatic N) is 2. The highest BCUT2D eigenvalue weighted by molar-refractivity contribution is 9.10. The molecule has 9 nitrogen and oxygen atoms in total. The third-order valence-electron chi connectivity index (χ3n) is 2.28. The Morgan fingerprint density at radius 3 is 2.10 bits per heavy atom. The summed E-state index contributed by atoms with van der Waals surface area (Å²) in [6.45, 7) is -1.66. The lowest BCUT2D eigenvalue weighted by Gasteiger charge is -2.18. The first-order valence-electron chi connectivity index (χ1n) is 5.38. The predicted molar refractivity (Wildman–Crippen MR) is 72.0 cm³/mol. The van der Waals surface area contributed by atoms with E-state index in [0.717, 1.165) is 12.1 Å². The summed E-state index contributed by atoms with van der Waals surface area (Å²) in [5, 5.41) is 28.1. The second kappa shape index (κ2) is 6.79. The third kappa shape index (κ3) is 4.84. The zero-order valence-corrected chi connectivity index (χ0v) is 11.9. The standard InChI is InChI=1S/C11H9BrN2O7/c12-7-1-6(2-8(3-7)14(20)21)11(19)13(4-9(15)16)5-10(17)18/h1-3H,4-5H2,(H,15,16)(H,17,18). The summed E-state index contributed by atoms with van der Waals surface area (Å²) in [5.74, 6) is -3.72. The molecule has 0 bridgehead atoms. The monoisotopic (exact) mass is 360 g/mol. The maximum absolute atomic E-state index is 12.1. The number of benzene rings is 1. The summed E-state index contributed by atoms with van der Waals surface area (Å²) in [4.78, 5) is 44.0. The minimum atomic E-state index is -1.39. The number of hydrogen-bond donors (Lipinski definition) is 2. The Balaban J connectivity index is 3.16. The molecule has 0 spiro atoms. The van der Waals surface area contributed by atoms with Crippen LogP contribution in [0.5, 0.6) is 0 Å². The molecule has 0 heterocycles. The average molecular weight is 361 g/mol. The lowest BCUT2D eigenvalue weighted by molar-refractivity contribution is -0.385. The first-order valence-corrected chi connectivity index (χ1v) is 6.18. The van der Waals surface area contributed by atoms with Gasteiger partial charge in [-0.05, 0) is 6.07 Å². The van der Waals surface area contributed by atoms with Gasteiger partial charge in [-0.25, -0.2) is 0 Å². The second-order valence-electron chi connectivity index (χ2n) is 3.90. The van der Waals surface area contributed by atoms with Gasteiger partial charge >= 0.3 is 11.9 Å². The number of rotatable bonds is 6. The molecule has 0 aliphatic carbocycles. The number of nitro groups is 1. The topological polar surface area (TPSA) is 138 Å². The molecule has 0 aliphatic rings. The zero-order valence-electron chi connectivity index (χ0n) is 10.4. The molecule has 21 heavy (non-hydrogen) atoms. The van der Waals surface area contributed by atoms with Crippen LogP contribution in [-0.2, 0) is 9.59 Å². The van der Waals surface area contributed by atoms with Gasteiger partial charge in [0.25, 0.3) is 11.6 Å². The van der Waals surface area contributed by atoms with Crippen molar-refractivity contribution in [3.8, 4) is 0 Å². The van der Waals surface area contributed by atoms with Crippen molar-refractivity contribution in [2.45, 2.75) is 0 Å². The van der Waals surface area contributed by atoms with Gasteiger partial charge in [-0.2, -0.15) is 0 Å². The molecule has 1 rings (SSSR count). The largest absolute Gasteiger partial charge is 0.480 e. The van der Waals surface area contributed by atoms with E-state index in [4.69, 9.17) is 10.2 Å². The number of carbonyl (C=O) groups excluding carboxylic acids is 1. The summed E-state index contributed by atoms with van der Waals surface area (Å²) in [5.41, 5.74) is -0.558. The lowest BCUT2D eigenvalue weighted by atomic mass is 10.1. The first-order chi connectivity index (χ1) is 9.70. The van der Waals surface area contributed by atoms with E-state index in [2.05, 4.69) is 15.9 Å². The van der Waals surface area contributed by atoms with Crippen molar-refractivity contribution >= 4 is 39.5 Å². The van der Waals surface area contributed by atoms with Crippen molar-refractivity contribution < 1.29 is 29.5 Å².